The van der Waals surface area contributed by atoms with Crippen molar-refractivity contribution in [2.45, 2.75) is 38.6 Å². The Balaban J connectivity index is 1.97. The number of halogens is 1. The molecule has 1 aliphatic rings. The lowest BCUT2D eigenvalue weighted by molar-refractivity contribution is 0.353. The van der Waals surface area contributed by atoms with Gasteiger partial charge in [0.05, 0.1) is 0 Å². The average Bonchev–Trinajstić information content (AvgIpc) is 2.65. The van der Waals surface area contributed by atoms with E-state index in [9.17, 15) is 0 Å². The van der Waals surface area contributed by atoms with Crippen LogP contribution in [0.25, 0.3) is 0 Å². The average molecular weight is 246 g/mol. The van der Waals surface area contributed by atoms with Gasteiger partial charge in [-0.05, 0) is 25.7 Å². The van der Waals surface area contributed by atoms with Crippen molar-refractivity contribution in [3.63, 3.8) is 0 Å². The van der Waals surface area contributed by atoms with Crippen LogP contribution in [0.3, 0.4) is 0 Å². The van der Waals surface area contributed by atoms with Gasteiger partial charge >= 0.3 is 0 Å². The van der Waals surface area contributed by atoms with Crippen LogP contribution < -0.4 is 5.32 Å². The standard InChI is InChI=1S/C10H16ClN3S/c1-7-13-14-10(15-7)12-9-5-3-2-4-8(9)6-11/h8-9H,2-6H2,1H3,(H,12,14). The zero-order valence-corrected chi connectivity index (χ0v) is 10.4. The molecule has 3 nitrogen and oxygen atoms in total. The predicted molar refractivity (Wildman–Crippen MR) is 64.7 cm³/mol. The van der Waals surface area contributed by atoms with E-state index in [-0.39, 0.29) is 0 Å². The van der Waals surface area contributed by atoms with E-state index in [0.717, 1.165) is 16.0 Å². The molecule has 1 heterocycles. The summed E-state index contributed by atoms with van der Waals surface area (Å²) in [6.45, 7) is 1.97. The van der Waals surface area contributed by atoms with Crippen molar-refractivity contribution >= 4 is 28.1 Å². The molecular weight excluding hydrogens is 230 g/mol. The van der Waals surface area contributed by atoms with Gasteiger partial charge in [-0.25, -0.2) is 0 Å². The normalized spacial score (nSPS) is 26.5. The number of rotatable bonds is 3. The van der Waals surface area contributed by atoms with Crippen molar-refractivity contribution in [1.82, 2.24) is 10.2 Å². The van der Waals surface area contributed by atoms with Crippen LogP contribution in [-0.2, 0) is 0 Å². The summed E-state index contributed by atoms with van der Waals surface area (Å²) in [5.41, 5.74) is 0. The third-order valence-electron chi connectivity index (χ3n) is 2.94. The van der Waals surface area contributed by atoms with Gasteiger partial charge in [0, 0.05) is 11.9 Å². The van der Waals surface area contributed by atoms with E-state index in [1.807, 2.05) is 6.92 Å². The van der Waals surface area contributed by atoms with Gasteiger partial charge in [-0.15, -0.1) is 21.8 Å². The quantitative estimate of drug-likeness (QED) is 0.832. The molecule has 0 aliphatic heterocycles. The van der Waals surface area contributed by atoms with Crippen LogP contribution in [0.4, 0.5) is 5.13 Å². The molecule has 1 aromatic heterocycles. The lowest BCUT2D eigenvalue weighted by atomic mass is 9.86. The van der Waals surface area contributed by atoms with Crippen molar-refractivity contribution in [1.29, 1.82) is 0 Å². The van der Waals surface area contributed by atoms with Crippen molar-refractivity contribution in [2.24, 2.45) is 5.92 Å². The second kappa shape index (κ2) is 5.12. The Morgan fingerprint density at radius 2 is 2.20 bits per heavy atom. The van der Waals surface area contributed by atoms with Crippen LogP contribution in [0.2, 0.25) is 0 Å². The molecule has 1 saturated carbocycles. The molecule has 2 atom stereocenters. The van der Waals surface area contributed by atoms with E-state index in [1.165, 1.54) is 25.7 Å². The summed E-state index contributed by atoms with van der Waals surface area (Å²) < 4.78 is 0. The highest BCUT2D eigenvalue weighted by Gasteiger charge is 2.24. The first-order chi connectivity index (χ1) is 7.29. The maximum Gasteiger partial charge on any atom is 0.205 e. The number of aromatic nitrogens is 2. The van der Waals surface area contributed by atoms with Crippen LogP contribution in [0.1, 0.15) is 30.7 Å². The molecule has 0 bridgehead atoms. The molecule has 0 spiro atoms. The molecule has 15 heavy (non-hydrogen) atoms. The molecular formula is C10H16ClN3S. The predicted octanol–water partition coefficient (Wildman–Crippen LogP) is 3.06. The Bertz CT molecular complexity index is 315. The first-order valence-corrected chi connectivity index (χ1v) is 6.77. The maximum absolute atomic E-state index is 5.97. The molecule has 1 aliphatic carbocycles. The van der Waals surface area contributed by atoms with Crippen LogP contribution >= 0.6 is 22.9 Å². The highest BCUT2D eigenvalue weighted by atomic mass is 35.5. The third-order valence-corrected chi connectivity index (χ3v) is 4.11. The number of hydrogen-bond donors (Lipinski definition) is 1. The van der Waals surface area contributed by atoms with E-state index < -0.39 is 0 Å². The second-order valence-electron chi connectivity index (χ2n) is 4.08. The minimum atomic E-state index is 0.489. The summed E-state index contributed by atoms with van der Waals surface area (Å²) in [5.74, 6) is 1.33. The van der Waals surface area contributed by atoms with Gasteiger partial charge in [-0.1, -0.05) is 24.2 Å². The van der Waals surface area contributed by atoms with E-state index in [4.69, 9.17) is 11.6 Å². The molecule has 2 rings (SSSR count). The molecule has 1 N–H and O–H groups in total. The van der Waals surface area contributed by atoms with Crippen LogP contribution in [0, 0.1) is 12.8 Å². The highest BCUT2D eigenvalue weighted by Crippen LogP contribution is 2.28. The van der Waals surface area contributed by atoms with Crippen LogP contribution in [-0.4, -0.2) is 22.1 Å². The molecule has 2 unspecified atom stereocenters. The lowest BCUT2D eigenvalue weighted by Gasteiger charge is -2.30. The highest BCUT2D eigenvalue weighted by molar-refractivity contribution is 7.15. The molecule has 0 amide bonds. The van der Waals surface area contributed by atoms with E-state index >= 15 is 0 Å². The Kier molecular flexibility index (Phi) is 3.81. The van der Waals surface area contributed by atoms with E-state index in [2.05, 4.69) is 15.5 Å². The number of nitrogens with one attached hydrogen (secondary N) is 1. The maximum atomic E-state index is 5.97. The van der Waals surface area contributed by atoms with E-state index in [0.29, 0.717) is 12.0 Å². The molecule has 0 radical (unpaired) electrons. The summed E-state index contributed by atoms with van der Waals surface area (Å²) in [5, 5.41) is 13.5. The van der Waals surface area contributed by atoms with Gasteiger partial charge in [0.25, 0.3) is 0 Å². The fraction of sp³-hybridized carbons (Fsp3) is 0.800. The number of nitrogens with zero attached hydrogens (tertiary/aromatic N) is 2. The van der Waals surface area contributed by atoms with Gasteiger partial charge in [0.15, 0.2) is 0 Å². The fourth-order valence-electron chi connectivity index (χ4n) is 2.10. The summed E-state index contributed by atoms with van der Waals surface area (Å²) >= 11 is 7.59. The number of hydrogen-bond acceptors (Lipinski definition) is 4. The van der Waals surface area contributed by atoms with Crippen molar-refractivity contribution < 1.29 is 0 Å². The Morgan fingerprint density at radius 1 is 1.40 bits per heavy atom. The van der Waals surface area contributed by atoms with Crippen LogP contribution in [0.5, 0.6) is 0 Å². The number of alkyl halides is 1. The Labute approximate surface area is 99.2 Å². The minimum Gasteiger partial charge on any atom is -0.357 e. The van der Waals surface area contributed by atoms with Gasteiger partial charge in [-0.3, -0.25) is 0 Å². The van der Waals surface area contributed by atoms with Crippen molar-refractivity contribution in [3.05, 3.63) is 5.01 Å². The van der Waals surface area contributed by atoms with Crippen molar-refractivity contribution in [2.75, 3.05) is 11.2 Å². The van der Waals surface area contributed by atoms with Crippen LogP contribution in [0.15, 0.2) is 0 Å². The smallest absolute Gasteiger partial charge is 0.205 e. The zero-order valence-electron chi connectivity index (χ0n) is 8.87. The minimum absolute atomic E-state index is 0.489. The monoisotopic (exact) mass is 245 g/mol. The first-order valence-electron chi connectivity index (χ1n) is 5.42. The summed E-state index contributed by atoms with van der Waals surface area (Å²) in [4.78, 5) is 0. The summed E-state index contributed by atoms with van der Waals surface area (Å²) in [6, 6.07) is 0.489. The number of anilines is 1. The molecule has 1 fully saturated rings. The zero-order chi connectivity index (χ0) is 10.7. The largest absolute Gasteiger partial charge is 0.357 e. The molecule has 5 heteroatoms. The van der Waals surface area contributed by atoms with Gasteiger partial charge in [-0.2, -0.15) is 0 Å². The van der Waals surface area contributed by atoms with Gasteiger partial charge in [0.1, 0.15) is 5.01 Å². The fourth-order valence-corrected chi connectivity index (χ4v) is 3.12. The Morgan fingerprint density at radius 3 is 2.87 bits per heavy atom. The summed E-state index contributed by atoms with van der Waals surface area (Å²) in [6.07, 6.45) is 5.04. The van der Waals surface area contributed by atoms with Crippen molar-refractivity contribution in [3.8, 4) is 0 Å². The molecule has 0 saturated heterocycles. The van der Waals surface area contributed by atoms with Gasteiger partial charge < -0.3 is 5.32 Å². The summed E-state index contributed by atoms with van der Waals surface area (Å²) in [7, 11) is 0. The third kappa shape index (κ3) is 2.82. The first kappa shape index (κ1) is 11.1. The Hall–Kier alpha value is -0.350. The molecule has 0 aromatic carbocycles. The van der Waals surface area contributed by atoms with Gasteiger partial charge in [0.2, 0.25) is 5.13 Å². The SMILES string of the molecule is Cc1nnc(NC2CCCCC2CCl)s1. The lowest BCUT2D eigenvalue weighted by Crippen LogP contribution is -2.33. The molecule has 1 aromatic rings. The number of aryl methyl sites for hydroxylation is 1. The second-order valence-corrected chi connectivity index (χ2v) is 5.57. The van der Waals surface area contributed by atoms with E-state index in [1.54, 1.807) is 11.3 Å². The molecule has 84 valence electrons. The topological polar surface area (TPSA) is 37.8 Å².